The van der Waals surface area contributed by atoms with Crippen LogP contribution in [0.5, 0.6) is 0 Å². The lowest BCUT2D eigenvalue weighted by atomic mass is 10.2. The second-order valence-electron chi connectivity index (χ2n) is 5.58. The van der Waals surface area contributed by atoms with E-state index in [0.717, 1.165) is 20.7 Å². The summed E-state index contributed by atoms with van der Waals surface area (Å²) in [5.41, 5.74) is 1.40. The number of hydrogen-bond acceptors (Lipinski definition) is 4. The maximum Gasteiger partial charge on any atom is 0.254 e. The minimum absolute atomic E-state index is 0.195. The lowest BCUT2D eigenvalue weighted by Gasteiger charge is -2.09. The molecule has 0 aliphatic rings. The largest absolute Gasteiger partial charge is 0.384 e. The van der Waals surface area contributed by atoms with Crippen LogP contribution in [0.25, 0.3) is 10.2 Å². The number of hydrogen-bond donors (Lipinski definition) is 2. The van der Waals surface area contributed by atoms with Gasteiger partial charge in [-0.25, -0.2) is 0 Å². The van der Waals surface area contributed by atoms with Gasteiger partial charge in [0.2, 0.25) is 0 Å². The van der Waals surface area contributed by atoms with Gasteiger partial charge in [0.1, 0.15) is 11.4 Å². The van der Waals surface area contributed by atoms with Crippen LogP contribution in [0.1, 0.15) is 20.8 Å². The fourth-order valence-corrected chi connectivity index (χ4v) is 3.96. The summed E-state index contributed by atoms with van der Waals surface area (Å²) in [4.78, 5) is 14.3. The van der Waals surface area contributed by atoms with Crippen molar-refractivity contribution in [2.24, 2.45) is 7.05 Å². The van der Waals surface area contributed by atoms with Gasteiger partial charge < -0.3 is 15.0 Å². The van der Waals surface area contributed by atoms with Gasteiger partial charge in [-0.2, -0.15) is 0 Å². The van der Waals surface area contributed by atoms with Crippen molar-refractivity contribution in [3.05, 3.63) is 62.1 Å². The molecule has 3 aromatic rings. The Morgan fingerprint density at radius 2 is 2.12 bits per heavy atom. The van der Waals surface area contributed by atoms with Gasteiger partial charge in [-0.1, -0.05) is 47.8 Å². The molecular formula is C19H15ClN2O2S2. The van der Waals surface area contributed by atoms with Gasteiger partial charge in [-0.15, -0.1) is 11.3 Å². The summed E-state index contributed by atoms with van der Waals surface area (Å²) in [6.07, 6.45) is 1.74. The number of aliphatic hydroxyl groups excluding tert-OH is 1. The highest BCUT2D eigenvalue weighted by atomic mass is 35.5. The van der Waals surface area contributed by atoms with Gasteiger partial charge in [0.15, 0.2) is 0 Å². The number of halogens is 1. The normalized spacial score (nSPS) is 10.4. The minimum atomic E-state index is -0.225. The molecule has 2 N–H and O–H groups in total. The average molecular weight is 403 g/mol. The summed E-state index contributed by atoms with van der Waals surface area (Å²) >= 11 is 12.9. The third-order valence-corrected chi connectivity index (χ3v) is 5.58. The molecule has 2 heterocycles. The van der Waals surface area contributed by atoms with Crippen molar-refractivity contribution in [2.45, 2.75) is 6.54 Å². The molecule has 2 aromatic heterocycles. The lowest BCUT2D eigenvalue weighted by Crippen LogP contribution is -2.23. The van der Waals surface area contributed by atoms with E-state index in [4.69, 9.17) is 28.9 Å². The van der Waals surface area contributed by atoms with Crippen LogP contribution in [-0.4, -0.2) is 22.2 Å². The molecule has 1 aromatic carbocycles. The number of amides is 1. The number of aryl methyl sites for hydroxylation is 1. The fourth-order valence-electron chi connectivity index (χ4n) is 2.49. The van der Waals surface area contributed by atoms with Crippen LogP contribution in [0, 0.1) is 16.4 Å². The molecule has 132 valence electrons. The predicted molar refractivity (Wildman–Crippen MR) is 108 cm³/mol. The van der Waals surface area contributed by atoms with E-state index in [-0.39, 0.29) is 12.5 Å². The minimum Gasteiger partial charge on any atom is -0.384 e. The molecule has 0 aliphatic heterocycles. The van der Waals surface area contributed by atoms with Crippen molar-refractivity contribution in [3.8, 4) is 11.8 Å². The molecule has 1 amide bonds. The number of nitrogens with zero attached hydrogens (tertiary/aromatic N) is 1. The van der Waals surface area contributed by atoms with E-state index in [0.29, 0.717) is 21.6 Å². The molecule has 0 atom stereocenters. The monoisotopic (exact) mass is 402 g/mol. The van der Waals surface area contributed by atoms with Crippen LogP contribution >= 0.6 is 35.2 Å². The van der Waals surface area contributed by atoms with Gasteiger partial charge in [0.05, 0.1) is 15.0 Å². The maximum absolute atomic E-state index is 12.6. The molecule has 3 rings (SSSR count). The van der Waals surface area contributed by atoms with Gasteiger partial charge >= 0.3 is 0 Å². The Morgan fingerprint density at radius 3 is 2.81 bits per heavy atom. The van der Waals surface area contributed by atoms with Crippen LogP contribution < -0.4 is 5.32 Å². The summed E-state index contributed by atoms with van der Waals surface area (Å²) in [5.74, 6) is 5.29. The fraction of sp³-hybridized carbons (Fsp3) is 0.158. The summed E-state index contributed by atoms with van der Waals surface area (Å²) < 4.78 is 2.37. The number of pyridine rings is 1. The second-order valence-corrected chi connectivity index (χ2v) is 7.46. The Balaban J connectivity index is 1.89. The number of benzene rings is 1. The number of carbonyl (C=O) groups is 1. The zero-order chi connectivity index (χ0) is 18.7. The number of carbonyl (C=O) groups excluding carboxylic acids is 1. The van der Waals surface area contributed by atoms with E-state index in [2.05, 4.69) is 17.2 Å². The smallest absolute Gasteiger partial charge is 0.254 e. The van der Waals surface area contributed by atoms with E-state index < -0.39 is 0 Å². The van der Waals surface area contributed by atoms with Crippen molar-refractivity contribution in [1.82, 2.24) is 9.88 Å². The first-order valence-electron chi connectivity index (χ1n) is 7.75. The quantitative estimate of drug-likeness (QED) is 0.516. The van der Waals surface area contributed by atoms with Gasteiger partial charge in [-0.05, 0) is 23.8 Å². The molecule has 0 radical (unpaired) electrons. The molecule has 0 bridgehead atoms. The molecule has 0 saturated carbocycles. The van der Waals surface area contributed by atoms with Gasteiger partial charge in [0.25, 0.3) is 5.91 Å². The molecule has 0 fully saturated rings. The SMILES string of the molecule is Cn1cc(C(=O)NCc2ccc(Cl)cc2)c(=S)c2cc(C#CCO)sc21. The van der Waals surface area contributed by atoms with Crippen molar-refractivity contribution in [3.63, 3.8) is 0 Å². The van der Waals surface area contributed by atoms with E-state index in [1.54, 1.807) is 18.3 Å². The van der Waals surface area contributed by atoms with Crippen molar-refractivity contribution < 1.29 is 9.90 Å². The Morgan fingerprint density at radius 1 is 1.38 bits per heavy atom. The highest BCUT2D eigenvalue weighted by Gasteiger charge is 2.14. The Kier molecular flexibility index (Phi) is 5.74. The summed E-state index contributed by atoms with van der Waals surface area (Å²) in [7, 11) is 1.87. The maximum atomic E-state index is 12.6. The van der Waals surface area contributed by atoms with Crippen LogP contribution in [-0.2, 0) is 13.6 Å². The lowest BCUT2D eigenvalue weighted by molar-refractivity contribution is 0.0950. The molecule has 7 heteroatoms. The number of aliphatic hydroxyl groups is 1. The van der Waals surface area contributed by atoms with E-state index in [1.165, 1.54) is 11.3 Å². The van der Waals surface area contributed by atoms with Gasteiger partial charge in [0, 0.05) is 30.2 Å². The topological polar surface area (TPSA) is 54.3 Å². The Bertz CT molecular complexity index is 1090. The third-order valence-electron chi connectivity index (χ3n) is 3.75. The first-order chi connectivity index (χ1) is 12.5. The van der Waals surface area contributed by atoms with Crippen LogP contribution in [0.15, 0.2) is 36.5 Å². The second kappa shape index (κ2) is 8.02. The van der Waals surface area contributed by atoms with Crippen LogP contribution in [0.3, 0.4) is 0 Å². The van der Waals surface area contributed by atoms with Crippen molar-refractivity contribution in [2.75, 3.05) is 6.61 Å². The Hall–Kier alpha value is -2.17. The number of aromatic nitrogens is 1. The Labute approximate surface area is 165 Å². The van der Waals surface area contributed by atoms with Crippen molar-refractivity contribution >= 4 is 51.3 Å². The van der Waals surface area contributed by atoms with E-state index in [1.807, 2.05) is 29.8 Å². The first kappa shape index (κ1) is 18.6. The first-order valence-corrected chi connectivity index (χ1v) is 9.35. The zero-order valence-corrected chi connectivity index (χ0v) is 16.3. The molecule has 0 spiro atoms. The van der Waals surface area contributed by atoms with Gasteiger partial charge in [-0.3, -0.25) is 4.79 Å². The summed E-state index contributed by atoms with van der Waals surface area (Å²) in [5, 5.41) is 13.2. The molecule has 0 saturated heterocycles. The highest BCUT2D eigenvalue weighted by molar-refractivity contribution is 7.71. The summed E-state index contributed by atoms with van der Waals surface area (Å²) in [6, 6.07) is 9.17. The average Bonchev–Trinajstić information content (AvgIpc) is 3.07. The van der Waals surface area contributed by atoms with Crippen LogP contribution in [0.2, 0.25) is 5.02 Å². The molecule has 26 heavy (non-hydrogen) atoms. The zero-order valence-electron chi connectivity index (χ0n) is 13.9. The molecule has 0 unspecified atom stereocenters. The third kappa shape index (κ3) is 3.97. The number of fused-ring (bicyclic) bond motifs is 1. The number of thiophene rings is 1. The highest BCUT2D eigenvalue weighted by Crippen LogP contribution is 2.27. The standard InChI is InChI=1S/C19H15ClN2O2S2/c1-22-11-16(18(24)21-10-12-4-6-13(20)7-5-12)17(25)15-9-14(3-2-8-23)26-19(15)22/h4-7,9,11,23H,8,10H2,1H3,(H,21,24). The summed E-state index contributed by atoms with van der Waals surface area (Å²) in [6.45, 7) is 0.197. The van der Waals surface area contributed by atoms with Crippen molar-refractivity contribution in [1.29, 1.82) is 0 Å². The van der Waals surface area contributed by atoms with Crippen LogP contribution in [0.4, 0.5) is 0 Å². The number of nitrogens with one attached hydrogen (secondary N) is 1. The molecule has 0 aliphatic carbocycles. The predicted octanol–water partition coefficient (Wildman–Crippen LogP) is 3.90. The molecule has 4 nitrogen and oxygen atoms in total. The number of rotatable bonds is 3. The van der Waals surface area contributed by atoms with E-state index >= 15 is 0 Å². The van der Waals surface area contributed by atoms with E-state index in [9.17, 15) is 4.79 Å². The molecular weight excluding hydrogens is 388 g/mol.